The Morgan fingerprint density at radius 1 is 0.885 bits per heavy atom. The highest BCUT2D eigenvalue weighted by atomic mass is 32.9. The van der Waals surface area contributed by atoms with Crippen molar-refractivity contribution in [3.05, 3.63) is 62.6 Å². The van der Waals surface area contributed by atoms with Crippen LogP contribution in [0.1, 0.15) is 0 Å². The molecule has 0 aliphatic heterocycles. The van der Waals surface area contributed by atoms with Crippen LogP contribution >= 0.6 is 65.8 Å². The van der Waals surface area contributed by atoms with Crippen molar-refractivity contribution in [1.29, 1.82) is 0 Å². The first-order valence-corrected chi connectivity index (χ1v) is 12.4. The third kappa shape index (κ3) is 5.32. The summed E-state index contributed by atoms with van der Waals surface area (Å²) in [5, 5.41) is 0. The molecule has 3 heterocycles. The van der Waals surface area contributed by atoms with E-state index < -0.39 is 0 Å². The molecule has 0 unspecified atom stereocenters. The quantitative estimate of drug-likeness (QED) is 0.242. The number of methoxy groups -OCH3 is 1. The van der Waals surface area contributed by atoms with Crippen molar-refractivity contribution in [2.24, 2.45) is 0 Å². The number of hydrogen-bond donors (Lipinski definition) is 0. The first-order valence-electron chi connectivity index (χ1n) is 7.27. The fraction of sp³-hybridized carbons (Fsp3) is 0.0588. The molecule has 0 bridgehead atoms. The zero-order valence-electron chi connectivity index (χ0n) is 13.4. The monoisotopic (exact) mass is 452 g/mol. The van der Waals surface area contributed by atoms with E-state index in [9.17, 15) is 0 Å². The SMILES string of the molecule is COc1cccc(-c2cc(=S)ss2)c1.S=c1cc(-c2cnccn2)ss1. The van der Waals surface area contributed by atoms with Gasteiger partial charge in [-0.1, -0.05) is 77.9 Å². The van der Waals surface area contributed by atoms with Gasteiger partial charge >= 0.3 is 0 Å². The van der Waals surface area contributed by atoms with Crippen molar-refractivity contribution < 1.29 is 4.74 Å². The van der Waals surface area contributed by atoms with E-state index >= 15 is 0 Å². The van der Waals surface area contributed by atoms with Gasteiger partial charge in [0.1, 0.15) is 13.4 Å². The second kappa shape index (κ2) is 9.54. The Bertz CT molecular complexity index is 1080. The molecule has 0 saturated carbocycles. The van der Waals surface area contributed by atoms with Crippen molar-refractivity contribution >= 4 is 65.8 Å². The lowest BCUT2D eigenvalue weighted by Crippen LogP contribution is -1.81. The molecule has 0 saturated heterocycles. The fourth-order valence-corrected chi connectivity index (χ4v) is 6.65. The van der Waals surface area contributed by atoms with Crippen molar-refractivity contribution in [3.8, 4) is 26.8 Å². The smallest absolute Gasteiger partial charge is 0.119 e. The molecule has 0 fully saturated rings. The highest BCUT2D eigenvalue weighted by molar-refractivity contribution is 7.80. The summed E-state index contributed by atoms with van der Waals surface area (Å²) in [4.78, 5) is 10.5. The summed E-state index contributed by atoms with van der Waals surface area (Å²) < 4.78 is 7.01. The lowest BCUT2D eigenvalue weighted by molar-refractivity contribution is 0.415. The van der Waals surface area contributed by atoms with Crippen molar-refractivity contribution in [2.45, 2.75) is 0 Å². The van der Waals surface area contributed by atoms with Gasteiger partial charge in [0, 0.05) is 17.3 Å². The number of rotatable bonds is 3. The van der Waals surface area contributed by atoms with Crippen LogP contribution in [0.5, 0.6) is 5.75 Å². The Kier molecular flexibility index (Phi) is 7.12. The maximum Gasteiger partial charge on any atom is 0.119 e. The topological polar surface area (TPSA) is 35.0 Å². The highest BCUT2D eigenvalue weighted by Crippen LogP contribution is 2.31. The van der Waals surface area contributed by atoms with Gasteiger partial charge in [-0.25, -0.2) is 0 Å². The predicted molar refractivity (Wildman–Crippen MR) is 119 cm³/mol. The van der Waals surface area contributed by atoms with E-state index in [0.717, 1.165) is 24.0 Å². The average Bonchev–Trinajstić information content (AvgIpc) is 3.31. The van der Waals surface area contributed by atoms with E-state index in [1.165, 1.54) is 10.4 Å². The van der Waals surface area contributed by atoms with Gasteiger partial charge in [-0.15, -0.1) is 0 Å². The van der Waals surface area contributed by atoms with Crippen LogP contribution in [0.15, 0.2) is 55.0 Å². The largest absolute Gasteiger partial charge is 0.497 e. The van der Waals surface area contributed by atoms with Gasteiger partial charge in [-0.2, -0.15) is 0 Å². The third-order valence-corrected chi connectivity index (χ3v) is 8.89. The van der Waals surface area contributed by atoms with Crippen molar-refractivity contribution in [3.63, 3.8) is 0 Å². The second-order valence-corrected chi connectivity index (χ2v) is 10.6. The van der Waals surface area contributed by atoms with Crippen LogP contribution in [-0.4, -0.2) is 17.1 Å². The molecular formula is C17H12N2OS6. The average molecular weight is 453 g/mol. The Morgan fingerprint density at radius 2 is 1.62 bits per heavy atom. The molecule has 26 heavy (non-hydrogen) atoms. The van der Waals surface area contributed by atoms with E-state index in [0.29, 0.717) is 0 Å². The maximum absolute atomic E-state index is 5.17. The zero-order valence-corrected chi connectivity index (χ0v) is 18.3. The molecule has 0 radical (unpaired) electrons. The van der Waals surface area contributed by atoms with Crippen molar-refractivity contribution in [1.82, 2.24) is 9.97 Å². The Hall–Kier alpha value is -1.36. The summed E-state index contributed by atoms with van der Waals surface area (Å²) in [5.74, 6) is 0.881. The van der Waals surface area contributed by atoms with Gasteiger partial charge in [-0.3, -0.25) is 9.97 Å². The number of ether oxygens (including phenoxy) is 1. The fourth-order valence-electron chi connectivity index (χ4n) is 1.93. The minimum atomic E-state index is 0.881. The molecule has 1 aromatic carbocycles. The number of hydrogen-bond acceptors (Lipinski definition) is 9. The van der Waals surface area contributed by atoms with E-state index in [1.807, 2.05) is 30.3 Å². The van der Waals surface area contributed by atoms with Gasteiger partial charge in [0.05, 0.1) is 23.9 Å². The molecule has 0 aliphatic rings. The van der Waals surface area contributed by atoms with Crippen LogP contribution in [0.2, 0.25) is 0 Å². The zero-order chi connectivity index (χ0) is 18.4. The van der Waals surface area contributed by atoms with E-state index in [1.54, 1.807) is 67.1 Å². The highest BCUT2D eigenvalue weighted by Gasteiger charge is 2.01. The van der Waals surface area contributed by atoms with Crippen LogP contribution in [-0.2, 0) is 0 Å². The summed E-state index contributed by atoms with van der Waals surface area (Å²) in [6, 6.07) is 12.0. The first-order chi connectivity index (χ1) is 12.7. The molecule has 0 aliphatic carbocycles. The van der Waals surface area contributed by atoms with E-state index in [2.05, 4.69) is 16.0 Å². The number of aromatic nitrogens is 2. The summed E-state index contributed by atoms with van der Waals surface area (Å²) in [6.07, 6.45) is 5.09. The van der Waals surface area contributed by atoms with Crippen LogP contribution in [0.25, 0.3) is 21.0 Å². The van der Waals surface area contributed by atoms with E-state index in [-0.39, 0.29) is 0 Å². The normalized spacial score (nSPS) is 10.0. The van der Waals surface area contributed by atoms with Crippen molar-refractivity contribution in [2.75, 3.05) is 7.11 Å². The molecule has 0 amide bonds. The molecule has 3 aromatic heterocycles. The molecule has 0 atom stereocenters. The molecule has 0 N–H and O–H groups in total. The Labute approximate surface area is 176 Å². The third-order valence-electron chi connectivity index (χ3n) is 3.09. The van der Waals surface area contributed by atoms with Crippen LogP contribution in [0, 0.1) is 7.65 Å². The molecule has 9 heteroatoms. The standard InChI is InChI=1S/C10H8OS3.C7H4N2S3/c1-11-8-4-2-3-7(5-8)9-6-10(12)14-13-9;10-7-3-6(11-12-7)5-4-8-1-2-9-5/h2-6H,1H3;1-4H. The molecule has 4 aromatic rings. The minimum Gasteiger partial charge on any atom is -0.497 e. The summed E-state index contributed by atoms with van der Waals surface area (Å²) >= 11 is 10.1. The molecule has 132 valence electrons. The van der Waals surface area contributed by atoms with Crippen LogP contribution < -0.4 is 4.74 Å². The number of nitrogens with zero attached hydrogens (tertiary/aromatic N) is 2. The number of benzene rings is 1. The lowest BCUT2D eigenvalue weighted by atomic mass is 10.2. The lowest BCUT2D eigenvalue weighted by Gasteiger charge is -2.01. The minimum absolute atomic E-state index is 0.881. The maximum atomic E-state index is 5.17. The first kappa shape index (κ1) is 19.4. The molecule has 4 rings (SSSR count). The van der Waals surface area contributed by atoms with Gasteiger partial charge < -0.3 is 4.74 Å². The van der Waals surface area contributed by atoms with Gasteiger partial charge in [0.2, 0.25) is 0 Å². The van der Waals surface area contributed by atoms with E-state index in [4.69, 9.17) is 29.2 Å². The van der Waals surface area contributed by atoms with Crippen LogP contribution in [0.3, 0.4) is 0 Å². The molecule has 0 spiro atoms. The predicted octanol–water partition coefficient (Wildman–Crippen LogP) is 7.21. The second-order valence-electron chi connectivity index (χ2n) is 4.81. The van der Waals surface area contributed by atoms with Gasteiger partial charge in [0.25, 0.3) is 0 Å². The summed E-state index contributed by atoms with van der Waals surface area (Å²) in [5.41, 5.74) is 2.07. The molecular weight excluding hydrogens is 441 g/mol. The van der Waals surface area contributed by atoms with Crippen LogP contribution in [0.4, 0.5) is 0 Å². The Morgan fingerprint density at radius 3 is 2.19 bits per heavy atom. The molecule has 3 nitrogen and oxygen atoms in total. The Balaban J connectivity index is 0.000000152. The van der Waals surface area contributed by atoms with Gasteiger partial charge in [-0.05, 0) is 29.8 Å². The summed E-state index contributed by atoms with van der Waals surface area (Å²) in [6.45, 7) is 0. The summed E-state index contributed by atoms with van der Waals surface area (Å²) in [7, 11) is 8.23. The van der Waals surface area contributed by atoms with Gasteiger partial charge in [0.15, 0.2) is 0 Å².